The smallest absolute Gasteiger partial charge is 0.250 e. The lowest BCUT2D eigenvalue weighted by Gasteiger charge is -2.18. The number of aromatic nitrogens is 1. The highest BCUT2D eigenvalue weighted by atomic mass is 16.5. The molecule has 4 rings (SSSR count). The summed E-state index contributed by atoms with van der Waals surface area (Å²) in [7, 11) is 1.23. The fourth-order valence-corrected chi connectivity index (χ4v) is 3.72. The van der Waals surface area contributed by atoms with Crippen molar-refractivity contribution in [3.05, 3.63) is 70.0 Å². The number of phenols is 2. The third-order valence-electron chi connectivity index (χ3n) is 5.06. The minimum atomic E-state index is -0.653. The lowest BCUT2D eigenvalue weighted by Crippen LogP contribution is -2.20. The molecule has 0 spiro atoms. The van der Waals surface area contributed by atoms with E-state index in [4.69, 9.17) is 10.5 Å². The van der Waals surface area contributed by atoms with Crippen LogP contribution in [0.2, 0.25) is 0 Å². The Bertz CT molecular complexity index is 1240. The van der Waals surface area contributed by atoms with Crippen molar-refractivity contribution in [1.29, 1.82) is 0 Å². The van der Waals surface area contributed by atoms with Gasteiger partial charge in [-0.15, -0.1) is 0 Å². The fraction of sp³-hybridized carbons (Fsp3) is 0.0952. The SMILES string of the molecule is COc1c(O)cc2c(c1O)C(=O)c1c(cn(-c3ccccc3C(N)=O)c1C)C2=O. The van der Waals surface area contributed by atoms with Crippen LogP contribution in [0, 0.1) is 6.92 Å². The Morgan fingerprint density at radius 2 is 1.76 bits per heavy atom. The summed E-state index contributed by atoms with van der Waals surface area (Å²) in [5.41, 5.74) is 6.34. The number of amides is 1. The van der Waals surface area contributed by atoms with Gasteiger partial charge in [0.05, 0.1) is 35.1 Å². The number of phenolic OH excluding ortho intramolecular Hbond substituents is 2. The summed E-state index contributed by atoms with van der Waals surface area (Å²) in [6.07, 6.45) is 1.45. The fourth-order valence-electron chi connectivity index (χ4n) is 3.72. The van der Waals surface area contributed by atoms with Crippen molar-refractivity contribution >= 4 is 17.5 Å². The Kier molecular flexibility index (Phi) is 3.93. The molecule has 0 unspecified atom stereocenters. The molecule has 0 atom stereocenters. The molecule has 29 heavy (non-hydrogen) atoms. The summed E-state index contributed by atoms with van der Waals surface area (Å²) in [6.45, 7) is 1.63. The first-order chi connectivity index (χ1) is 13.8. The topological polar surface area (TPSA) is 132 Å². The lowest BCUT2D eigenvalue weighted by molar-refractivity contribution is 0.0976. The van der Waals surface area contributed by atoms with Gasteiger partial charge in [-0.2, -0.15) is 0 Å². The summed E-state index contributed by atoms with van der Waals surface area (Å²) in [6, 6.07) is 7.65. The third-order valence-corrected chi connectivity index (χ3v) is 5.06. The first-order valence-electron chi connectivity index (χ1n) is 8.61. The number of ketones is 2. The number of methoxy groups -OCH3 is 1. The molecule has 8 heteroatoms. The second-order valence-corrected chi connectivity index (χ2v) is 6.61. The van der Waals surface area contributed by atoms with E-state index in [-0.39, 0.29) is 33.6 Å². The zero-order chi connectivity index (χ0) is 21.0. The number of carbonyl (C=O) groups is 3. The number of carbonyl (C=O) groups excluding carboxylic acids is 3. The second-order valence-electron chi connectivity index (χ2n) is 6.61. The average Bonchev–Trinajstić information content (AvgIpc) is 3.03. The zero-order valence-electron chi connectivity index (χ0n) is 15.5. The number of nitrogens with zero attached hydrogens (tertiary/aromatic N) is 1. The van der Waals surface area contributed by atoms with Gasteiger partial charge in [0.15, 0.2) is 23.1 Å². The van der Waals surface area contributed by atoms with Gasteiger partial charge in [-0.1, -0.05) is 12.1 Å². The minimum Gasteiger partial charge on any atom is -0.504 e. The van der Waals surface area contributed by atoms with Crippen molar-refractivity contribution in [3.8, 4) is 22.9 Å². The number of rotatable bonds is 3. The highest BCUT2D eigenvalue weighted by Gasteiger charge is 2.38. The predicted octanol–water partition coefficient (Wildman–Crippen LogP) is 2.08. The van der Waals surface area contributed by atoms with Crippen LogP contribution in [0.25, 0.3) is 5.69 Å². The van der Waals surface area contributed by atoms with Gasteiger partial charge in [0.1, 0.15) is 0 Å². The highest BCUT2D eigenvalue weighted by Crippen LogP contribution is 2.45. The molecular weight excluding hydrogens is 376 g/mol. The summed E-state index contributed by atoms with van der Waals surface area (Å²) in [5.74, 6) is -3.12. The third kappa shape index (κ3) is 2.42. The Hall–Kier alpha value is -4.07. The molecule has 0 radical (unpaired) electrons. The van der Waals surface area contributed by atoms with E-state index in [9.17, 15) is 24.6 Å². The number of benzene rings is 2. The molecule has 3 aromatic rings. The van der Waals surface area contributed by atoms with Gasteiger partial charge in [0, 0.05) is 17.5 Å². The van der Waals surface area contributed by atoms with Crippen molar-refractivity contribution in [2.75, 3.05) is 7.11 Å². The van der Waals surface area contributed by atoms with Gasteiger partial charge < -0.3 is 25.3 Å². The molecule has 4 N–H and O–H groups in total. The van der Waals surface area contributed by atoms with Crippen LogP contribution < -0.4 is 10.5 Å². The maximum absolute atomic E-state index is 13.2. The summed E-state index contributed by atoms with van der Waals surface area (Å²) in [4.78, 5) is 38.0. The lowest BCUT2D eigenvalue weighted by atomic mass is 9.84. The number of ether oxygens (including phenoxy) is 1. The normalized spacial score (nSPS) is 12.5. The standard InChI is InChI=1S/C21H16N2O6/c1-9-15-12(8-23(9)13-6-4-3-5-10(13)21(22)28)17(25)11-7-14(24)20(29-2)19(27)16(11)18(15)26/h3-8,24,27H,1-2H3,(H2,22,28). The number of hydrogen-bond donors (Lipinski definition) is 3. The number of fused-ring (bicyclic) bond motifs is 2. The van der Waals surface area contributed by atoms with E-state index in [0.29, 0.717) is 11.4 Å². The number of aromatic hydroxyl groups is 2. The van der Waals surface area contributed by atoms with E-state index in [1.807, 2.05) is 0 Å². The van der Waals surface area contributed by atoms with Crippen LogP contribution in [0.15, 0.2) is 36.5 Å². The van der Waals surface area contributed by atoms with Crippen molar-refractivity contribution in [2.24, 2.45) is 5.73 Å². The van der Waals surface area contributed by atoms with Crippen LogP contribution in [0.5, 0.6) is 17.2 Å². The van der Waals surface area contributed by atoms with Gasteiger partial charge in [0.2, 0.25) is 5.75 Å². The Labute approximate surface area is 164 Å². The van der Waals surface area contributed by atoms with Crippen molar-refractivity contribution in [2.45, 2.75) is 6.92 Å². The van der Waals surface area contributed by atoms with Crippen LogP contribution in [0.4, 0.5) is 0 Å². The number of para-hydroxylation sites is 1. The summed E-state index contributed by atoms with van der Waals surface area (Å²) >= 11 is 0. The first kappa shape index (κ1) is 18.3. The minimum absolute atomic E-state index is 0.100. The van der Waals surface area contributed by atoms with Crippen LogP contribution in [-0.4, -0.2) is 39.4 Å². The maximum Gasteiger partial charge on any atom is 0.250 e. The van der Waals surface area contributed by atoms with Gasteiger partial charge in [-0.05, 0) is 25.1 Å². The van der Waals surface area contributed by atoms with E-state index in [0.717, 1.165) is 6.07 Å². The van der Waals surface area contributed by atoms with Gasteiger partial charge in [-0.3, -0.25) is 14.4 Å². The number of hydrogen-bond acceptors (Lipinski definition) is 6. The molecule has 0 aliphatic heterocycles. The Morgan fingerprint density at radius 1 is 1.07 bits per heavy atom. The molecule has 1 aromatic heterocycles. The Balaban J connectivity index is 2.00. The molecule has 0 bridgehead atoms. The molecule has 0 saturated heterocycles. The largest absolute Gasteiger partial charge is 0.504 e. The van der Waals surface area contributed by atoms with E-state index in [1.54, 1.807) is 35.8 Å². The monoisotopic (exact) mass is 392 g/mol. The van der Waals surface area contributed by atoms with E-state index in [1.165, 1.54) is 13.3 Å². The quantitative estimate of drug-likeness (QED) is 0.489. The van der Waals surface area contributed by atoms with Crippen LogP contribution in [-0.2, 0) is 0 Å². The summed E-state index contributed by atoms with van der Waals surface area (Å²) < 4.78 is 6.48. The molecule has 1 aliphatic rings. The average molecular weight is 392 g/mol. The molecule has 1 amide bonds. The Morgan fingerprint density at radius 3 is 2.41 bits per heavy atom. The van der Waals surface area contributed by atoms with Crippen molar-refractivity contribution in [1.82, 2.24) is 4.57 Å². The molecule has 1 aliphatic carbocycles. The van der Waals surface area contributed by atoms with Crippen molar-refractivity contribution < 1.29 is 29.3 Å². The molecule has 1 heterocycles. The molecule has 0 fully saturated rings. The summed E-state index contributed by atoms with van der Waals surface area (Å²) in [5, 5.41) is 20.5. The molecule has 2 aromatic carbocycles. The van der Waals surface area contributed by atoms with Crippen molar-refractivity contribution in [3.63, 3.8) is 0 Å². The molecule has 0 saturated carbocycles. The van der Waals surface area contributed by atoms with Gasteiger partial charge >= 0.3 is 0 Å². The molecule has 146 valence electrons. The van der Waals surface area contributed by atoms with E-state index < -0.39 is 29.0 Å². The highest BCUT2D eigenvalue weighted by molar-refractivity contribution is 6.30. The van der Waals surface area contributed by atoms with Gasteiger partial charge in [0.25, 0.3) is 5.91 Å². The number of primary amides is 1. The van der Waals surface area contributed by atoms with E-state index >= 15 is 0 Å². The number of nitrogens with two attached hydrogens (primary N) is 1. The van der Waals surface area contributed by atoms with Gasteiger partial charge in [-0.25, -0.2) is 0 Å². The molecular formula is C21H16N2O6. The van der Waals surface area contributed by atoms with E-state index in [2.05, 4.69) is 0 Å². The predicted molar refractivity (Wildman–Crippen MR) is 102 cm³/mol. The van der Waals surface area contributed by atoms with Crippen LogP contribution in [0.3, 0.4) is 0 Å². The zero-order valence-corrected chi connectivity index (χ0v) is 15.5. The first-order valence-corrected chi connectivity index (χ1v) is 8.61. The maximum atomic E-state index is 13.2. The van der Waals surface area contributed by atoms with Crippen LogP contribution in [0.1, 0.15) is 47.9 Å². The second kappa shape index (κ2) is 6.23. The molecule has 8 nitrogen and oxygen atoms in total. The van der Waals surface area contributed by atoms with Crippen LogP contribution >= 0.6 is 0 Å².